The Hall–Kier alpha value is -2.85. The fourth-order valence-corrected chi connectivity index (χ4v) is 4.83. The summed E-state index contributed by atoms with van der Waals surface area (Å²) in [6, 6.07) is 5.29. The van der Waals surface area contributed by atoms with Crippen LogP contribution in [-0.4, -0.2) is 41.9 Å². The minimum atomic E-state index is -3.64. The molecule has 2 aromatic carbocycles. The lowest BCUT2D eigenvalue weighted by molar-refractivity contribution is -0.114. The maximum Gasteiger partial charge on any atom is 0.340 e. The Morgan fingerprint density at radius 3 is 2.43 bits per heavy atom. The first-order valence-electron chi connectivity index (χ1n) is 10.7. The van der Waals surface area contributed by atoms with E-state index >= 15 is 0 Å². The van der Waals surface area contributed by atoms with Crippen molar-refractivity contribution in [1.82, 2.24) is 9.97 Å². The standard InChI is InChI=1S/C22H24ClF2N4O5P/c1-4-32-18-10-16-13(9-17(18)28-19(30)11-35(31,33-5-2)34-6-3)22(27-12-26-16)29-15-8-7-14(24)20(23)21(15)25/h7-10,12H,4-6,11H2,1-3H3,(H,28,30)(H,26,27,29). The van der Waals surface area contributed by atoms with Gasteiger partial charge in [0.15, 0.2) is 5.82 Å². The van der Waals surface area contributed by atoms with Gasteiger partial charge in [-0.2, -0.15) is 0 Å². The van der Waals surface area contributed by atoms with E-state index in [1.807, 2.05) is 0 Å². The first kappa shape index (κ1) is 26.7. The van der Waals surface area contributed by atoms with Crippen LogP contribution < -0.4 is 15.4 Å². The Labute approximate surface area is 205 Å². The first-order valence-corrected chi connectivity index (χ1v) is 12.8. The van der Waals surface area contributed by atoms with E-state index in [9.17, 15) is 18.1 Å². The number of carbonyl (C=O) groups excluding carboxylic acids is 1. The molecule has 0 atom stereocenters. The quantitative estimate of drug-likeness (QED) is 0.233. The van der Waals surface area contributed by atoms with Crippen molar-refractivity contribution >= 4 is 53.2 Å². The van der Waals surface area contributed by atoms with Gasteiger partial charge >= 0.3 is 7.60 Å². The molecule has 3 rings (SSSR count). The van der Waals surface area contributed by atoms with E-state index in [2.05, 4.69) is 20.6 Å². The van der Waals surface area contributed by atoms with Gasteiger partial charge in [-0.25, -0.2) is 18.7 Å². The van der Waals surface area contributed by atoms with Crippen LogP contribution in [0.25, 0.3) is 10.9 Å². The maximum absolute atomic E-state index is 14.4. The summed E-state index contributed by atoms with van der Waals surface area (Å²) in [7, 11) is -3.64. The van der Waals surface area contributed by atoms with Crippen molar-refractivity contribution in [3.8, 4) is 5.75 Å². The molecule has 3 aromatic rings. The molecule has 0 aliphatic rings. The van der Waals surface area contributed by atoms with E-state index in [0.717, 1.165) is 6.07 Å². The number of amides is 1. The largest absolute Gasteiger partial charge is 0.492 e. The Balaban J connectivity index is 1.98. The zero-order chi connectivity index (χ0) is 25.6. The second kappa shape index (κ2) is 11.7. The predicted octanol–water partition coefficient (Wildman–Crippen LogP) is 5.91. The predicted molar refractivity (Wildman–Crippen MR) is 130 cm³/mol. The second-order valence-electron chi connectivity index (χ2n) is 7.02. The van der Waals surface area contributed by atoms with Crippen molar-refractivity contribution in [2.75, 3.05) is 36.6 Å². The highest BCUT2D eigenvalue weighted by Gasteiger charge is 2.28. The molecule has 188 valence electrons. The van der Waals surface area contributed by atoms with Gasteiger partial charge in [0, 0.05) is 11.5 Å². The van der Waals surface area contributed by atoms with Crippen LogP contribution in [0.1, 0.15) is 20.8 Å². The minimum Gasteiger partial charge on any atom is -0.492 e. The van der Waals surface area contributed by atoms with Crippen LogP contribution in [0, 0.1) is 11.6 Å². The summed E-state index contributed by atoms with van der Waals surface area (Å²) in [6.45, 7) is 5.57. The fraction of sp³-hybridized carbons (Fsp3) is 0.318. The van der Waals surface area contributed by atoms with Gasteiger partial charge in [-0.1, -0.05) is 11.6 Å². The van der Waals surface area contributed by atoms with Crippen LogP contribution in [0.15, 0.2) is 30.6 Å². The molecule has 9 nitrogen and oxygen atoms in total. The van der Waals surface area contributed by atoms with E-state index in [1.165, 1.54) is 18.5 Å². The molecule has 1 aromatic heterocycles. The minimum absolute atomic E-state index is 0.106. The monoisotopic (exact) mass is 528 g/mol. The molecule has 35 heavy (non-hydrogen) atoms. The summed E-state index contributed by atoms with van der Waals surface area (Å²) in [5, 5.41) is 5.16. The number of nitrogens with zero attached hydrogens (tertiary/aromatic N) is 2. The number of halogens is 3. The molecule has 0 saturated heterocycles. The number of hydrogen-bond acceptors (Lipinski definition) is 8. The number of aromatic nitrogens is 2. The SMILES string of the molecule is CCOc1cc2ncnc(Nc3ccc(F)c(Cl)c3F)c2cc1NC(=O)CP(=O)(OCC)OCC. The van der Waals surface area contributed by atoms with E-state index in [1.54, 1.807) is 26.8 Å². The van der Waals surface area contributed by atoms with Crippen molar-refractivity contribution in [3.63, 3.8) is 0 Å². The highest BCUT2D eigenvalue weighted by atomic mass is 35.5. The molecule has 1 heterocycles. The number of ether oxygens (including phenoxy) is 1. The summed E-state index contributed by atoms with van der Waals surface area (Å²) in [4.78, 5) is 21.1. The van der Waals surface area contributed by atoms with Crippen LogP contribution in [0.2, 0.25) is 5.02 Å². The molecule has 13 heteroatoms. The molecule has 0 radical (unpaired) electrons. The lowest BCUT2D eigenvalue weighted by atomic mass is 10.1. The number of anilines is 3. The zero-order valence-electron chi connectivity index (χ0n) is 19.2. The topological polar surface area (TPSA) is 112 Å². The average molecular weight is 529 g/mol. The number of hydrogen-bond donors (Lipinski definition) is 2. The number of rotatable bonds is 11. The molecule has 0 bridgehead atoms. The fourth-order valence-electron chi connectivity index (χ4n) is 3.19. The molecule has 0 unspecified atom stereocenters. The summed E-state index contributed by atoms with van der Waals surface area (Å²) >= 11 is 5.67. The van der Waals surface area contributed by atoms with Gasteiger partial charge < -0.3 is 24.4 Å². The van der Waals surface area contributed by atoms with Crippen LogP contribution in [0.3, 0.4) is 0 Å². The van der Waals surface area contributed by atoms with Gasteiger partial charge in [-0.15, -0.1) is 0 Å². The molecular formula is C22H24ClF2N4O5P. The molecule has 0 aliphatic heterocycles. The van der Waals surface area contributed by atoms with Crippen LogP contribution >= 0.6 is 19.2 Å². The van der Waals surface area contributed by atoms with E-state index < -0.39 is 36.3 Å². The van der Waals surface area contributed by atoms with E-state index in [0.29, 0.717) is 23.3 Å². The third-order valence-corrected chi connectivity index (χ3v) is 6.91. The molecule has 0 fully saturated rings. The van der Waals surface area contributed by atoms with Gasteiger partial charge in [-0.05, 0) is 39.0 Å². The molecule has 2 N–H and O–H groups in total. The van der Waals surface area contributed by atoms with Crippen molar-refractivity contribution in [1.29, 1.82) is 0 Å². The molecular weight excluding hydrogens is 505 g/mol. The van der Waals surface area contributed by atoms with Crippen LogP contribution in [0.5, 0.6) is 5.75 Å². The number of benzene rings is 2. The van der Waals surface area contributed by atoms with Crippen LogP contribution in [-0.2, 0) is 18.4 Å². The summed E-state index contributed by atoms with van der Waals surface area (Å²) in [5.41, 5.74) is 0.552. The Morgan fingerprint density at radius 2 is 1.77 bits per heavy atom. The van der Waals surface area contributed by atoms with Crippen molar-refractivity contribution < 1.29 is 31.9 Å². The average Bonchev–Trinajstić information content (AvgIpc) is 2.80. The summed E-state index contributed by atoms with van der Waals surface area (Å²) < 4.78 is 56.7. The number of carbonyl (C=O) groups is 1. The second-order valence-corrected chi connectivity index (χ2v) is 9.45. The van der Waals surface area contributed by atoms with Gasteiger partial charge in [-0.3, -0.25) is 9.36 Å². The zero-order valence-corrected chi connectivity index (χ0v) is 20.9. The Bertz CT molecular complexity index is 1270. The highest BCUT2D eigenvalue weighted by Crippen LogP contribution is 2.48. The third-order valence-electron chi connectivity index (χ3n) is 4.59. The van der Waals surface area contributed by atoms with E-state index in [4.69, 9.17) is 25.4 Å². The van der Waals surface area contributed by atoms with Gasteiger partial charge in [0.1, 0.15) is 34.9 Å². The normalized spacial score (nSPS) is 11.5. The smallest absolute Gasteiger partial charge is 0.340 e. The third kappa shape index (κ3) is 6.43. The van der Waals surface area contributed by atoms with E-state index in [-0.39, 0.29) is 30.4 Å². The van der Waals surface area contributed by atoms with Crippen molar-refractivity contribution in [2.45, 2.75) is 20.8 Å². The molecule has 0 spiro atoms. The van der Waals surface area contributed by atoms with Crippen molar-refractivity contribution in [2.24, 2.45) is 0 Å². The van der Waals surface area contributed by atoms with Crippen LogP contribution in [0.4, 0.5) is 26.0 Å². The Morgan fingerprint density at radius 1 is 1.06 bits per heavy atom. The molecule has 0 saturated carbocycles. The van der Waals surface area contributed by atoms with Gasteiger partial charge in [0.25, 0.3) is 0 Å². The van der Waals surface area contributed by atoms with Gasteiger partial charge in [0.2, 0.25) is 5.91 Å². The summed E-state index contributed by atoms with van der Waals surface area (Å²) in [6.07, 6.45) is 0.746. The first-order chi connectivity index (χ1) is 16.7. The van der Waals surface area contributed by atoms with Crippen molar-refractivity contribution in [3.05, 3.63) is 47.2 Å². The van der Waals surface area contributed by atoms with Gasteiger partial charge in [0.05, 0.1) is 36.7 Å². The number of fused-ring (bicyclic) bond motifs is 1. The molecule has 1 amide bonds. The summed E-state index contributed by atoms with van der Waals surface area (Å²) in [5.74, 6) is -2.04. The lowest BCUT2D eigenvalue weighted by Crippen LogP contribution is -2.19. The molecule has 0 aliphatic carbocycles. The lowest BCUT2D eigenvalue weighted by Gasteiger charge is -2.18. The maximum atomic E-state index is 14.4. The Kier molecular flexibility index (Phi) is 8.96. The highest BCUT2D eigenvalue weighted by molar-refractivity contribution is 7.54. The number of nitrogens with one attached hydrogen (secondary N) is 2.